The lowest BCUT2D eigenvalue weighted by atomic mass is 9.78. The van der Waals surface area contributed by atoms with Gasteiger partial charge >= 0.3 is 13.1 Å². The minimum atomic E-state index is -3.83. The molecule has 0 unspecified atom stereocenters. The van der Waals surface area contributed by atoms with Gasteiger partial charge in [0.25, 0.3) is 10.2 Å². The molecule has 0 radical (unpaired) electrons. The number of nitrogens with two attached hydrogens (primary N) is 1. The molecule has 28 heavy (non-hydrogen) atoms. The molecule has 2 saturated heterocycles. The van der Waals surface area contributed by atoms with Crippen molar-refractivity contribution in [2.24, 2.45) is 17.6 Å². The van der Waals surface area contributed by atoms with Crippen LogP contribution in [0.1, 0.15) is 32.1 Å². The Morgan fingerprint density at radius 2 is 2.04 bits per heavy atom. The van der Waals surface area contributed by atoms with E-state index in [1.807, 2.05) is 0 Å². The van der Waals surface area contributed by atoms with E-state index >= 15 is 0 Å². The summed E-state index contributed by atoms with van der Waals surface area (Å²) in [5, 5.41) is 30.9. The van der Waals surface area contributed by atoms with Crippen molar-refractivity contribution < 1.29 is 28.4 Å². The van der Waals surface area contributed by atoms with Crippen molar-refractivity contribution in [3.05, 3.63) is 0 Å². The number of aliphatic carboxylic acids is 1. The maximum absolute atomic E-state index is 13.4. The topological polar surface area (TPSA) is 156 Å². The predicted molar refractivity (Wildman–Crippen MR) is 103 cm³/mol. The van der Waals surface area contributed by atoms with Crippen LogP contribution < -0.4 is 11.1 Å². The predicted octanol–water partition coefficient (Wildman–Crippen LogP) is -1.73. The molecule has 2 aliphatic heterocycles. The SMILES string of the molecule is N[C@@]1(C(=O)O)CN(S(=O)(=O)N(CC2CC2)[C@H]2CCNC2)C[C@@H]1CCCB(O)O. The zero-order valence-electron chi connectivity index (χ0n) is 16.0. The van der Waals surface area contributed by atoms with Crippen LogP contribution >= 0.6 is 0 Å². The molecule has 0 aromatic heterocycles. The first-order chi connectivity index (χ1) is 13.1. The minimum absolute atomic E-state index is 0.0357. The zero-order chi connectivity index (χ0) is 20.5. The first-order valence-electron chi connectivity index (χ1n) is 10.0. The van der Waals surface area contributed by atoms with Gasteiger partial charge in [0.1, 0.15) is 5.54 Å². The van der Waals surface area contributed by atoms with E-state index in [0.717, 1.165) is 25.8 Å². The van der Waals surface area contributed by atoms with E-state index in [4.69, 9.17) is 15.8 Å². The quantitative estimate of drug-likeness (QED) is 0.262. The van der Waals surface area contributed by atoms with Gasteiger partial charge in [0.05, 0.1) is 0 Å². The van der Waals surface area contributed by atoms with Gasteiger partial charge in [-0.2, -0.15) is 17.0 Å². The highest BCUT2D eigenvalue weighted by Gasteiger charge is 2.54. The van der Waals surface area contributed by atoms with Gasteiger partial charge in [0.15, 0.2) is 0 Å². The van der Waals surface area contributed by atoms with E-state index in [2.05, 4.69) is 5.32 Å². The lowest BCUT2D eigenvalue weighted by Crippen LogP contribution is -2.56. The van der Waals surface area contributed by atoms with Gasteiger partial charge in [0.2, 0.25) is 0 Å². The molecule has 2 heterocycles. The smallest absolute Gasteiger partial charge is 0.451 e. The second kappa shape index (κ2) is 8.54. The molecule has 0 aromatic rings. The summed E-state index contributed by atoms with van der Waals surface area (Å²) in [4.78, 5) is 11.8. The van der Waals surface area contributed by atoms with Crippen molar-refractivity contribution in [1.82, 2.24) is 13.9 Å². The number of carboxylic acids is 1. The van der Waals surface area contributed by atoms with Crippen molar-refractivity contribution in [1.29, 1.82) is 0 Å². The molecule has 10 nitrogen and oxygen atoms in total. The summed E-state index contributed by atoms with van der Waals surface area (Å²) < 4.78 is 29.6. The third-order valence-electron chi connectivity index (χ3n) is 6.20. The Balaban J connectivity index is 1.76. The standard InChI is InChI=1S/C16H31BN4O6S/c18-16(15(22)23)11-20(10-13(16)2-1-6-17(24)25)28(26,27)21(9-12-3-4-12)14-5-7-19-8-14/h12-14,19,24-25H,1-11,18H2,(H,22,23)/t13-,14-,16-/m0/s1. The third kappa shape index (κ3) is 4.69. The fraction of sp³-hybridized carbons (Fsp3) is 0.938. The molecule has 3 atom stereocenters. The number of hydrogen-bond acceptors (Lipinski definition) is 7. The molecular formula is C16H31BN4O6S. The molecule has 1 saturated carbocycles. The van der Waals surface area contributed by atoms with Crippen LogP contribution in [0.15, 0.2) is 0 Å². The number of nitrogens with one attached hydrogen (secondary N) is 1. The molecule has 3 fully saturated rings. The Morgan fingerprint density at radius 1 is 1.32 bits per heavy atom. The molecule has 0 bridgehead atoms. The van der Waals surface area contributed by atoms with Gasteiger partial charge in [-0.15, -0.1) is 0 Å². The number of carbonyl (C=O) groups is 1. The highest BCUT2D eigenvalue weighted by molar-refractivity contribution is 7.86. The van der Waals surface area contributed by atoms with Crippen molar-refractivity contribution in [3.8, 4) is 0 Å². The second-order valence-corrected chi connectivity index (χ2v) is 10.3. The van der Waals surface area contributed by atoms with E-state index in [1.54, 1.807) is 4.31 Å². The van der Waals surface area contributed by atoms with Gasteiger partial charge in [-0.05, 0) is 44.5 Å². The normalized spacial score (nSPS) is 31.6. The van der Waals surface area contributed by atoms with Crippen LogP contribution in [0, 0.1) is 11.8 Å². The van der Waals surface area contributed by atoms with Crippen LogP contribution in [0.5, 0.6) is 0 Å². The molecule has 3 aliphatic rings. The van der Waals surface area contributed by atoms with Crippen LogP contribution in [-0.4, -0.2) is 89.6 Å². The number of rotatable bonds is 10. The lowest BCUT2D eigenvalue weighted by molar-refractivity contribution is -0.144. The Kier molecular flexibility index (Phi) is 6.70. The molecule has 3 rings (SSSR count). The average molecular weight is 418 g/mol. The van der Waals surface area contributed by atoms with Gasteiger partial charge < -0.3 is 26.2 Å². The monoisotopic (exact) mass is 418 g/mol. The van der Waals surface area contributed by atoms with Crippen LogP contribution in [0.4, 0.5) is 0 Å². The van der Waals surface area contributed by atoms with E-state index in [-0.39, 0.29) is 25.5 Å². The largest absolute Gasteiger partial charge is 0.480 e. The first-order valence-corrected chi connectivity index (χ1v) is 11.4. The number of hydrogen-bond donors (Lipinski definition) is 5. The third-order valence-corrected chi connectivity index (χ3v) is 8.17. The van der Waals surface area contributed by atoms with Crippen molar-refractivity contribution in [2.45, 2.75) is 50.0 Å². The van der Waals surface area contributed by atoms with Crippen LogP contribution in [0.3, 0.4) is 0 Å². The van der Waals surface area contributed by atoms with E-state index in [0.29, 0.717) is 31.8 Å². The molecule has 160 valence electrons. The van der Waals surface area contributed by atoms with Gasteiger partial charge in [0, 0.05) is 38.1 Å². The number of carboxylic acid groups (broad SMARTS) is 1. The summed E-state index contributed by atoms with van der Waals surface area (Å²) in [6.45, 7) is 1.61. The fourth-order valence-corrected chi connectivity index (χ4v) is 6.23. The Labute approximate surface area is 166 Å². The lowest BCUT2D eigenvalue weighted by Gasteiger charge is -2.32. The van der Waals surface area contributed by atoms with Crippen LogP contribution in [-0.2, 0) is 15.0 Å². The molecule has 1 aliphatic carbocycles. The Bertz CT molecular complexity index is 670. The molecule has 6 N–H and O–H groups in total. The summed E-state index contributed by atoms with van der Waals surface area (Å²) in [6, 6.07) is -0.119. The maximum atomic E-state index is 13.4. The maximum Gasteiger partial charge on any atom is 0.451 e. The summed E-state index contributed by atoms with van der Waals surface area (Å²) in [5.41, 5.74) is 4.48. The highest BCUT2D eigenvalue weighted by Crippen LogP contribution is 2.36. The fourth-order valence-electron chi connectivity index (χ4n) is 4.23. The molecule has 0 amide bonds. The van der Waals surface area contributed by atoms with Gasteiger partial charge in [-0.3, -0.25) is 4.79 Å². The van der Waals surface area contributed by atoms with E-state index < -0.39 is 34.8 Å². The Morgan fingerprint density at radius 3 is 2.57 bits per heavy atom. The van der Waals surface area contributed by atoms with E-state index in [9.17, 15) is 18.3 Å². The Hall–Kier alpha value is -0.755. The highest BCUT2D eigenvalue weighted by atomic mass is 32.2. The van der Waals surface area contributed by atoms with Crippen molar-refractivity contribution >= 4 is 23.3 Å². The first kappa shape index (κ1) is 21.9. The molecule has 12 heteroatoms. The summed E-state index contributed by atoms with van der Waals surface area (Å²) in [7, 11) is -5.30. The van der Waals surface area contributed by atoms with Crippen LogP contribution in [0.25, 0.3) is 0 Å². The second-order valence-electron chi connectivity index (χ2n) is 8.41. The molecule has 0 aromatic carbocycles. The number of nitrogens with zero attached hydrogens (tertiary/aromatic N) is 2. The summed E-state index contributed by atoms with van der Waals surface area (Å²) in [5.74, 6) is -1.43. The summed E-state index contributed by atoms with van der Waals surface area (Å²) >= 11 is 0. The van der Waals surface area contributed by atoms with Crippen molar-refractivity contribution in [2.75, 3.05) is 32.7 Å². The van der Waals surface area contributed by atoms with Gasteiger partial charge in [-0.1, -0.05) is 6.42 Å². The van der Waals surface area contributed by atoms with Crippen LogP contribution in [0.2, 0.25) is 6.32 Å². The van der Waals surface area contributed by atoms with Gasteiger partial charge in [-0.25, -0.2) is 0 Å². The minimum Gasteiger partial charge on any atom is -0.480 e. The zero-order valence-corrected chi connectivity index (χ0v) is 16.9. The van der Waals surface area contributed by atoms with E-state index in [1.165, 1.54) is 4.31 Å². The average Bonchev–Trinajstić information content (AvgIpc) is 3.13. The molecule has 0 spiro atoms. The molecular weight excluding hydrogens is 387 g/mol. The summed E-state index contributed by atoms with van der Waals surface area (Å²) in [6.07, 6.45) is 3.56. The van der Waals surface area contributed by atoms with Crippen molar-refractivity contribution in [3.63, 3.8) is 0 Å².